The molecule has 3 rings (SSSR count). The molecule has 8 heteroatoms. The van der Waals surface area contributed by atoms with Crippen molar-refractivity contribution in [2.75, 3.05) is 22.5 Å². The first-order valence-electron chi connectivity index (χ1n) is 8.58. The lowest BCUT2D eigenvalue weighted by molar-refractivity contribution is -0.112. The molecule has 1 saturated carbocycles. The summed E-state index contributed by atoms with van der Waals surface area (Å²) in [5.41, 5.74) is 6.56. The van der Waals surface area contributed by atoms with Crippen LogP contribution in [0, 0.1) is 10.8 Å². The van der Waals surface area contributed by atoms with Crippen molar-refractivity contribution in [1.29, 1.82) is 5.41 Å². The molecule has 0 aliphatic heterocycles. The molecule has 0 aromatic carbocycles. The number of carbonyl (C=O) groups is 1. The fraction of sp³-hybridized carbons (Fsp3) is 0.444. The number of hydrogen-bond donors (Lipinski definition) is 3. The number of nitrogens with zero attached hydrogens (tertiary/aromatic N) is 3. The Kier molecular flexibility index (Phi) is 4.95. The summed E-state index contributed by atoms with van der Waals surface area (Å²) in [6.45, 7) is 7.11. The molecule has 2 aromatic rings. The van der Waals surface area contributed by atoms with Gasteiger partial charge in [-0.15, -0.1) is 11.3 Å². The van der Waals surface area contributed by atoms with Gasteiger partial charge in [-0.25, -0.2) is 9.97 Å². The van der Waals surface area contributed by atoms with E-state index in [0.717, 1.165) is 19.4 Å². The van der Waals surface area contributed by atoms with E-state index in [4.69, 9.17) is 11.1 Å². The zero-order chi connectivity index (χ0) is 18.9. The molecule has 26 heavy (non-hydrogen) atoms. The second-order valence-corrected chi connectivity index (χ2v) is 8.57. The van der Waals surface area contributed by atoms with Gasteiger partial charge in [0.2, 0.25) is 0 Å². The van der Waals surface area contributed by atoms with Crippen LogP contribution in [-0.2, 0) is 4.79 Å². The van der Waals surface area contributed by atoms with E-state index in [1.807, 2.05) is 0 Å². The Morgan fingerprint density at radius 3 is 2.73 bits per heavy atom. The van der Waals surface area contributed by atoms with E-state index in [9.17, 15) is 4.79 Å². The lowest BCUT2D eigenvalue weighted by atomic mass is 9.97. The maximum absolute atomic E-state index is 12.9. The van der Waals surface area contributed by atoms with Gasteiger partial charge in [-0.05, 0) is 18.3 Å². The predicted octanol–water partition coefficient (Wildman–Crippen LogP) is 3.14. The van der Waals surface area contributed by atoms with Gasteiger partial charge in [0.25, 0.3) is 5.91 Å². The molecule has 7 nitrogen and oxygen atoms in total. The van der Waals surface area contributed by atoms with Crippen molar-refractivity contribution in [3.05, 3.63) is 28.7 Å². The number of thiazole rings is 1. The Balaban J connectivity index is 1.87. The molecule has 138 valence electrons. The molecule has 0 spiro atoms. The second kappa shape index (κ2) is 7.03. The summed E-state index contributed by atoms with van der Waals surface area (Å²) in [4.78, 5) is 23.2. The van der Waals surface area contributed by atoms with Crippen LogP contribution in [0.5, 0.6) is 0 Å². The van der Waals surface area contributed by atoms with Crippen molar-refractivity contribution < 1.29 is 4.79 Å². The Labute approximate surface area is 157 Å². The van der Waals surface area contributed by atoms with Gasteiger partial charge < -0.3 is 11.1 Å². The number of pyridine rings is 1. The van der Waals surface area contributed by atoms with Gasteiger partial charge in [0.05, 0.1) is 0 Å². The summed E-state index contributed by atoms with van der Waals surface area (Å²) < 4.78 is 0. The number of nitrogens with two attached hydrogens (primary N) is 1. The van der Waals surface area contributed by atoms with Crippen LogP contribution >= 0.6 is 11.3 Å². The third-order valence-corrected chi connectivity index (χ3v) is 4.66. The second-order valence-electron chi connectivity index (χ2n) is 7.68. The quantitative estimate of drug-likeness (QED) is 0.675. The molecule has 0 atom stereocenters. The largest absolute Gasteiger partial charge is 0.399 e. The third kappa shape index (κ3) is 4.37. The minimum absolute atomic E-state index is 0.0626. The van der Waals surface area contributed by atoms with Crippen molar-refractivity contribution in [2.45, 2.75) is 39.7 Å². The SMILES string of the molecule is CC(C)(C)CNc1cc(N)cc(N(C(=O)C(=N)c2nccs2)C2CC2)n1. The highest BCUT2D eigenvalue weighted by Gasteiger charge is 2.37. The zero-order valence-corrected chi connectivity index (χ0v) is 16.1. The summed E-state index contributed by atoms with van der Waals surface area (Å²) in [5, 5.41) is 13.7. The van der Waals surface area contributed by atoms with Gasteiger partial charge in [0.15, 0.2) is 5.71 Å². The molecule has 1 fully saturated rings. The first-order chi connectivity index (χ1) is 12.2. The molecule has 1 amide bonds. The number of rotatable bonds is 6. The minimum atomic E-state index is -0.387. The fourth-order valence-corrected chi connectivity index (χ4v) is 3.03. The monoisotopic (exact) mass is 372 g/mol. The lowest BCUT2D eigenvalue weighted by Crippen LogP contribution is -2.39. The standard InChI is InChI=1S/C18H24N6OS/c1-18(2,3)10-22-13-8-11(19)9-14(23-13)24(12-4-5-12)17(25)15(20)16-21-6-7-26-16/h6-9,12,20H,4-5,10H2,1-3H3,(H3,19,22,23). The number of anilines is 3. The number of nitrogen functional groups attached to an aromatic ring is 1. The first-order valence-corrected chi connectivity index (χ1v) is 9.46. The maximum Gasteiger partial charge on any atom is 0.280 e. The fourth-order valence-electron chi connectivity index (χ4n) is 2.45. The van der Waals surface area contributed by atoms with E-state index in [1.165, 1.54) is 11.3 Å². The van der Waals surface area contributed by atoms with E-state index in [2.05, 4.69) is 36.1 Å². The van der Waals surface area contributed by atoms with Crippen molar-refractivity contribution >= 4 is 40.3 Å². The zero-order valence-electron chi connectivity index (χ0n) is 15.2. The van der Waals surface area contributed by atoms with E-state index in [1.54, 1.807) is 28.6 Å². The van der Waals surface area contributed by atoms with Crippen molar-refractivity contribution in [3.63, 3.8) is 0 Å². The van der Waals surface area contributed by atoms with Crippen LogP contribution in [0.15, 0.2) is 23.7 Å². The molecule has 0 unspecified atom stereocenters. The van der Waals surface area contributed by atoms with Gasteiger partial charge in [0.1, 0.15) is 16.6 Å². The predicted molar refractivity (Wildman–Crippen MR) is 106 cm³/mol. The topological polar surface area (TPSA) is 108 Å². The molecular formula is C18H24N6OS. The molecule has 4 N–H and O–H groups in total. The Morgan fingerprint density at radius 2 is 2.15 bits per heavy atom. The summed E-state index contributed by atoms with van der Waals surface area (Å²) in [6.07, 6.45) is 3.40. The summed E-state index contributed by atoms with van der Waals surface area (Å²) in [5.74, 6) is 0.728. The van der Waals surface area contributed by atoms with Gasteiger partial charge in [-0.2, -0.15) is 0 Å². The van der Waals surface area contributed by atoms with Gasteiger partial charge in [-0.1, -0.05) is 20.8 Å². The van der Waals surface area contributed by atoms with Crippen LogP contribution in [0.3, 0.4) is 0 Å². The van der Waals surface area contributed by atoms with E-state index in [-0.39, 0.29) is 23.1 Å². The molecule has 0 bridgehead atoms. The van der Waals surface area contributed by atoms with Crippen LogP contribution in [0.25, 0.3) is 0 Å². The Morgan fingerprint density at radius 1 is 1.42 bits per heavy atom. The smallest absolute Gasteiger partial charge is 0.280 e. The van der Waals surface area contributed by atoms with Crippen molar-refractivity contribution in [2.24, 2.45) is 5.41 Å². The van der Waals surface area contributed by atoms with Gasteiger partial charge >= 0.3 is 0 Å². The number of hydrogen-bond acceptors (Lipinski definition) is 7. The van der Waals surface area contributed by atoms with Gasteiger partial charge in [0, 0.05) is 42.0 Å². The number of aromatic nitrogens is 2. The highest BCUT2D eigenvalue weighted by molar-refractivity contribution is 7.12. The molecule has 2 aromatic heterocycles. The average Bonchev–Trinajstić information content (AvgIpc) is 3.23. The summed E-state index contributed by atoms with van der Waals surface area (Å²) in [6, 6.07) is 3.51. The van der Waals surface area contributed by atoms with Crippen molar-refractivity contribution in [1.82, 2.24) is 9.97 Å². The molecule has 0 saturated heterocycles. The Bertz CT molecular complexity index is 808. The average molecular weight is 372 g/mol. The van der Waals surface area contributed by atoms with Gasteiger partial charge in [-0.3, -0.25) is 15.1 Å². The maximum atomic E-state index is 12.9. The molecule has 1 aliphatic carbocycles. The molecular weight excluding hydrogens is 348 g/mol. The van der Waals surface area contributed by atoms with Crippen LogP contribution in [0.4, 0.5) is 17.3 Å². The van der Waals surface area contributed by atoms with E-state index >= 15 is 0 Å². The van der Waals surface area contributed by atoms with E-state index in [0.29, 0.717) is 22.3 Å². The van der Waals surface area contributed by atoms with E-state index < -0.39 is 0 Å². The minimum Gasteiger partial charge on any atom is -0.399 e. The number of amides is 1. The highest BCUT2D eigenvalue weighted by Crippen LogP contribution is 2.33. The first kappa shape index (κ1) is 18.3. The molecule has 0 radical (unpaired) electrons. The number of carbonyl (C=O) groups excluding carboxylic acids is 1. The van der Waals surface area contributed by atoms with Crippen LogP contribution in [0.2, 0.25) is 0 Å². The van der Waals surface area contributed by atoms with Crippen LogP contribution < -0.4 is 16.0 Å². The summed E-state index contributed by atoms with van der Waals surface area (Å²) in [7, 11) is 0. The van der Waals surface area contributed by atoms with Crippen LogP contribution in [0.1, 0.15) is 38.6 Å². The number of nitrogens with one attached hydrogen (secondary N) is 2. The molecule has 2 heterocycles. The molecule has 1 aliphatic rings. The van der Waals surface area contributed by atoms with Crippen molar-refractivity contribution in [3.8, 4) is 0 Å². The third-order valence-electron chi connectivity index (χ3n) is 3.87. The Hall–Kier alpha value is -2.48. The van der Waals surface area contributed by atoms with Crippen LogP contribution in [-0.4, -0.2) is 34.2 Å². The normalized spacial score (nSPS) is 14.1. The lowest BCUT2D eigenvalue weighted by Gasteiger charge is -2.24. The summed E-state index contributed by atoms with van der Waals surface area (Å²) >= 11 is 1.28. The highest BCUT2D eigenvalue weighted by atomic mass is 32.1.